The zero-order valence-electron chi connectivity index (χ0n) is 9.83. The third-order valence-corrected chi connectivity index (χ3v) is 2.75. The second-order valence-electron chi connectivity index (χ2n) is 3.93. The summed E-state index contributed by atoms with van der Waals surface area (Å²) in [6, 6.07) is 2.03. The summed E-state index contributed by atoms with van der Waals surface area (Å²) in [5.41, 5.74) is 1.98. The molecular weight excluding hydrogens is 214 g/mol. The number of hydrogen-bond donors (Lipinski definition) is 0. The van der Waals surface area contributed by atoms with E-state index in [4.69, 9.17) is 0 Å². The van der Waals surface area contributed by atoms with Gasteiger partial charge in [-0.15, -0.1) is 0 Å². The molecule has 0 saturated heterocycles. The van der Waals surface area contributed by atoms with Crippen LogP contribution >= 0.6 is 0 Å². The third kappa shape index (κ3) is 1.51. The molecule has 3 heterocycles. The van der Waals surface area contributed by atoms with Crippen molar-refractivity contribution in [2.24, 2.45) is 0 Å². The van der Waals surface area contributed by atoms with Crippen molar-refractivity contribution in [1.82, 2.24) is 24.1 Å². The van der Waals surface area contributed by atoms with Gasteiger partial charge in [-0.1, -0.05) is 6.92 Å². The Balaban J connectivity index is 2.30. The van der Waals surface area contributed by atoms with Crippen molar-refractivity contribution in [3.8, 4) is 5.82 Å². The Bertz CT molecular complexity index is 664. The molecule has 5 heteroatoms. The zero-order valence-corrected chi connectivity index (χ0v) is 9.83. The average molecular weight is 227 g/mol. The molecule has 0 aliphatic rings. The SMILES string of the molecule is CCc1nccn1-c1nccn2nc(C)cc12. The lowest BCUT2D eigenvalue weighted by molar-refractivity contribution is 0.849. The second kappa shape index (κ2) is 3.69. The van der Waals surface area contributed by atoms with Crippen LogP contribution in [0, 0.1) is 6.92 Å². The first-order valence-corrected chi connectivity index (χ1v) is 5.63. The normalized spacial score (nSPS) is 11.2. The molecule has 3 aromatic heterocycles. The number of fused-ring (bicyclic) bond motifs is 1. The molecule has 0 amide bonds. The first-order valence-electron chi connectivity index (χ1n) is 5.63. The molecule has 0 atom stereocenters. The van der Waals surface area contributed by atoms with E-state index in [1.807, 2.05) is 34.5 Å². The minimum absolute atomic E-state index is 0.877. The predicted molar refractivity (Wildman–Crippen MR) is 64.2 cm³/mol. The van der Waals surface area contributed by atoms with Gasteiger partial charge in [-0.05, 0) is 13.0 Å². The van der Waals surface area contributed by atoms with Gasteiger partial charge in [0.2, 0.25) is 0 Å². The Kier molecular flexibility index (Phi) is 2.18. The van der Waals surface area contributed by atoms with E-state index in [2.05, 4.69) is 22.0 Å². The van der Waals surface area contributed by atoms with Gasteiger partial charge in [0.05, 0.1) is 5.69 Å². The minimum atomic E-state index is 0.877. The lowest BCUT2D eigenvalue weighted by atomic mass is 10.4. The van der Waals surface area contributed by atoms with Crippen molar-refractivity contribution < 1.29 is 0 Å². The Labute approximate surface area is 98.7 Å². The van der Waals surface area contributed by atoms with Gasteiger partial charge in [0.1, 0.15) is 11.3 Å². The van der Waals surface area contributed by atoms with Gasteiger partial charge in [0, 0.05) is 31.2 Å². The van der Waals surface area contributed by atoms with E-state index >= 15 is 0 Å². The first-order chi connectivity index (χ1) is 8.29. The van der Waals surface area contributed by atoms with Gasteiger partial charge in [0.25, 0.3) is 0 Å². The highest BCUT2D eigenvalue weighted by molar-refractivity contribution is 5.61. The number of imidazole rings is 1. The van der Waals surface area contributed by atoms with Gasteiger partial charge in [-0.3, -0.25) is 4.57 Å². The molecule has 0 radical (unpaired) electrons. The highest BCUT2D eigenvalue weighted by Gasteiger charge is 2.09. The van der Waals surface area contributed by atoms with Crippen LogP contribution < -0.4 is 0 Å². The molecule has 0 aliphatic heterocycles. The summed E-state index contributed by atoms with van der Waals surface area (Å²) in [6.07, 6.45) is 8.22. The molecule has 0 bridgehead atoms. The maximum atomic E-state index is 4.43. The quantitative estimate of drug-likeness (QED) is 0.670. The minimum Gasteiger partial charge on any atom is -0.286 e. The maximum Gasteiger partial charge on any atom is 0.164 e. The third-order valence-electron chi connectivity index (χ3n) is 2.75. The van der Waals surface area contributed by atoms with E-state index in [0.29, 0.717) is 0 Å². The summed E-state index contributed by atoms with van der Waals surface area (Å²) < 4.78 is 3.85. The fraction of sp³-hybridized carbons (Fsp3) is 0.250. The van der Waals surface area contributed by atoms with Crippen molar-refractivity contribution in [2.45, 2.75) is 20.3 Å². The van der Waals surface area contributed by atoms with Crippen LogP contribution in [0.3, 0.4) is 0 Å². The van der Waals surface area contributed by atoms with Crippen LogP contribution in [-0.2, 0) is 6.42 Å². The number of hydrogen-bond acceptors (Lipinski definition) is 3. The Morgan fingerprint density at radius 3 is 2.82 bits per heavy atom. The van der Waals surface area contributed by atoms with Crippen LogP contribution in [0.2, 0.25) is 0 Å². The molecule has 3 aromatic rings. The molecule has 0 saturated carbocycles. The van der Waals surface area contributed by atoms with E-state index in [0.717, 1.165) is 29.3 Å². The van der Waals surface area contributed by atoms with E-state index in [1.54, 1.807) is 12.4 Å². The lowest BCUT2D eigenvalue weighted by Gasteiger charge is -2.06. The molecule has 0 fully saturated rings. The smallest absolute Gasteiger partial charge is 0.164 e. The molecule has 0 spiro atoms. The van der Waals surface area contributed by atoms with Crippen molar-refractivity contribution in [3.05, 3.63) is 42.4 Å². The Morgan fingerprint density at radius 1 is 1.18 bits per heavy atom. The topological polar surface area (TPSA) is 48.0 Å². The Hall–Kier alpha value is -2.17. The second-order valence-corrected chi connectivity index (χ2v) is 3.93. The monoisotopic (exact) mass is 227 g/mol. The summed E-state index contributed by atoms with van der Waals surface area (Å²) in [4.78, 5) is 8.75. The summed E-state index contributed by atoms with van der Waals surface area (Å²) in [7, 11) is 0. The number of aryl methyl sites for hydroxylation is 2. The molecule has 0 unspecified atom stereocenters. The molecule has 86 valence electrons. The van der Waals surface area contributed by atoms with Gasteiger partial charge >= 0.3 is 0 Å². The highest BCUT2D eigenvalue weighted by atomic mass is 15.2. The van der Waals surface area contributed by atoms with E-state index in [9.17, 15) is 0 Å². The largest absolute Gasteiger partial charge is 0.286 e. The van der Waals surface area contributed by atoms with Crippen LogP contribution in [0.15, 0.2) is 30.9 Å². The van der Waals surface area contributed by atoms with Crippen LogP contribution in [0.5, 0.6) is 0 Å². The predicted octanol–water partition coefficient (Wildman–Crippen LogP) is 1.79. The summed E-state index contributed by atoms with van der Waals surface area (Å²) in [5.74, 6) is 1.88. The van der Waals surface area contributed by atoms with Crippen LogP contribution in [-0.4, -0.2) is 24.1 Å². The number of nitrogens with zero attached hydrogens (tertiary/aromatic N) is 5. The standard InChI is InChI=1S/C12H13N5/c1-3-11-13-4-6-16(11)12-10-8-9(2)15-17(10)7-5-14-12/h4-8H,3H2,1-2H3. The number of rotatable bonds is 2. The van der Waals surface area contributed by atoms with E-state index in [-0.39, 0.29) is 0 Å². The van der Waals surface area contributed by atoms with Crippen molar-refractivity contribution in [3.63, 3.8) is 0 Å². The molecular formula is C12H13N5. The summed E-state index contributed by atoms with van der Waals surface area (Å²) >= 11 is 0. The molecule has 3 rings (SSSR count). The average Bonchev–Trinajstić information content (AvgIpc) is 2.92. The zero-order chi connectivity index (χ0) is 11.8. The Morgan fingerprint density at radius 2 is 2.00 bits per heavy atom. The van der Waals surface area contributed by atoms with E-state index in [1.165, 1.54) is 0 Å². The maximum absolute atomic E-state index is 4.43. The highest BCUT2D eigenvalue weighted by Crippen LogP contribution is 2.16. The lowest BCUT2D eigenvalue weighted by Crippen LogP contribution is -2.04. The van der Waals surface area contributed by atoms with Crippen molar-refractivity contribution >= 4 is 5.52 Å². The summed E-state index contributed by atoms with van der Waals surface area (Å²) in [6.45, 7) is 4.06. The molecule has 5 nitrogen and oxygen atoms in total. The molecule has 0 N–H and O–H groups in total. The molecule has 17 heavy (non-hydrogen) atoms. The van der Waals surface area contributed by atoms with Crippen LogP contribution in [0.25, 0.3) is 11.3 Å². The molecule has 0 aliphatic carbocycles. The van der Waals surface area contributed by atoms with Gasteiger partial charge in [0.15, 0.2) is 5.82 Å². The first kappa shape index (κ1) is 10.0. The van der Waals surface area contributed by atoms with Gasteiger partial charge in [-0.25, -0.2) is 14.5 Å². The van der Waals surface area contributed by atoms with Gasteiger partial charge < -0.3 is 0 Å². The van der Waals surface area contributed by atoms with Gasteiger partial charge in [-0.2, -0.15) is 5.10 Å². The summed E-state index contributed by atoms with van der Waals surface area (Å²) in [5, 5.41) is 4.38. The molecule has 0 aromatic carbocycles. The number of aromatic nitrogens is 5. The van der Waals surface area contributed by atoms with Crippen LogP contribution in [0.1, 0.15) is 18.4 Å². The van der Waals surface area contributed by atoms with Crippen LogP contribution in [0.4, 0.5) is 0 Å². The fourth-order valence-electron chi connectivity index (χ4n) is 2.00. The van der Waals surface area contributed by atoms with E-state index < -0.39 is 0 Å². The van der Waals surface area contributed by atoms with Crippen molar-refractivity contribution in [2.75, 3.05) is 0 Å². The van der Waals surface area contributed by atoms with Crippen molar-refractivity contribution in [1.29, 1.82) is 0 Å². The fourth-order valence-corrected chi connectivity index (χ4v) is 2.00.